The fraction of sp³-hybridized carbons (Fsp3) is 0.517. The van der Waals surface area contributed by atoms with E-state index in [0.29, 0.717) is 18.7 Å². The second kappa shape index (κ2) is 15.7. The number of carbonyl (C=O) groups excluding carboxylic acids is 4. The summed E-state index contributed by atoms with van der Waals surface area (Å²) in [6.45, 7) is 11.8. The van der Waals surface area contributed by atoms with Crippen molar-refractivity contribution in [1.29, 1.82) is 0 Å². The number of nitrogens with zero attached hydrogens (tertiary/aromatic N) is 1. The van der Waals surface area contributed by atoms with E-state index in [0.717, 1.165) is 12.8 Å². The van der Waals surface area contributed by atoms with Gasteiger partial charge in [0.15, 0.2) is 0 Å². The number of nitrogens with one attached hydrogen (secondary N) is 2. The zero-order valence-electron chi connectivity index (χ0n) is 22.4. The summed E-state index contributed by atoms with van der Waals surface area (Å²) in [6, 6.07) is 7.80. The van der Waals surface area contributed by atoms with Crippen molar-refractivity contribution in [1.82, 2.24) is 15.5 Å². The van der Waals surface area contributed by atoms with Crippen LogP contribution in [0.3, 0.4) is 0 Å². The van der Waals surface area contributed by atoms with Crippen molar-refractivity contribution in [2.24, 2.45) is 11.8 Å². The van der Waals surface area contributed by atoms with Gasteiger partial charge in [-0.05, 0) is 45.1 Å². The molecule has 1 unspecified atom stereocenters. The van der Waals surface area contributed by atoms with E-state index in [-0.39, 0.29) is 31.8 Å². The van der Waals surface area contributed by atoms with Gasteiger partial charge in [-0.25, -0.2) is 0 Å². The summed E-state index contributed by atoms with van der Waals surface area (Å²) in [5, 5.41) is 14.7. The molecule has 9 heteroatoms. The molecule has 0 aliphatic carbocycles. The summed E-state index contributed by atoms with van der Waals surface area (Å²) in [5.74, 6) is -3.49. The van der Waals surface area contributed by atoms with Crippen LogP contribution in [0.2, 0.25) is 0 Å². The van der Waals surface area contributed by atoms with Gasteiger partial charge < -0.3 is 25.4 Å². The number of rotatable bonds is 15. The molecule has 1 heterocycles. The third-order valence-corrected chi connectivity index (χ3v) is 6.56. The van der Waals surface area contributed by atoms with E-state index >= 15 is 0 Å². The molecule has 1 aliphatic heterocycles. The fourth-order valence-electron chi connectivity index (χ4n) is 4.38. The number of likely N-dealkylation sites (tertiary alicyclic amines) is 1. The maximum absolute atomic E-state index is 13.3. The van der Waals surface area contributed by atoms with Gasteiger partial charge in [-0.1, -0.05) is 42.5 Å². The average molecular weight is 528 g/mol. The number of allylic oxidation sites excluding steroid dienone is 2. The van der Waals surface area contributed by atoms with Crippen LogP contribution in [0.4, 0.5) is 0 Å². The van der Waals surface area contributed by atoms with E-state index in [1.165, 1.54) is 6.08 Å². The van der Waals surface area contributed by atoms with Gasteiger partial charge in [0.2, 0.25) is 17.7 Å². The predicted octanol–water partition coefficient (Wildman–Crippen LogP) is 2.67. The van der Waals surface area contributed by atoms with Gasteiger partial charge in [0, 0.05) is 25.6 Å². The third kappa shape index (κ3) is 9.13. The van der Waals surface area contributed by atoms with E-state index in [9.17, 15) is 24.3 Å². The highest BCUT2D eigenvalue weighted by Gasteiger charge is 2.33. The van der Waals surface area contributed by atoms with Crippen LogP contribution < -0.4 is 10.6 Å². The zero-order chi connectivity index (χ0) is 28.1. The first-order chi connectivity index (χ1) is 18.2. The summed E-state index contributed by atoms with van der Waals surface area (Å²) >= 11 is 0. The Morgan fingerprint density at radius 3 is 2.18 bits per heavy atom. The molecule has 1 aliphatic rings. The van der Waals surface area contributed by atoms with Crippen molar-refractivity contribution in [3.05, 3.63) is 61.2 Å². The molecule has 3 amide bonds. The SMILES string of the molecule is C=CCC(C(=O)N[C@H](C)CO)C(=O)N[C@H](C)[C@@H](OC(=O)[C@H](CC=C)CC(=O)N1CCCC1)c1ccccc1. The van der Waals surface area contributed by atoms with Crippen molar-refractivity contribution in [2.45, 2.75) is 64.1 Å². The van der Waals surface area contributed by atoms with Crippen molar-refractivity contribution < 1.29 is 29.0 Å². The number of esters is 1. The monoisotopic (exact) mass is 527 g/mol. The van der Waals surface area contributed by atoms with Gasteiger partial charge in [0.1, 0.15) is 12.0 Å². The van der Waals surface area contributed by atoms with Crippen molar-refractivity contribution in [2.75, 3.05) is 19.7 Å². The Kier molecular flexibility index (Phi) is 12.7. The maximum Gasteiger partial charge on any atom is 0.310 e. The minimum atomic E-state index is -1.07. The third-order valence-electron chi connectivity index (χ3n) is 6.56. The van der Waals surface area contributed by atoms with Crippen LogP contribution in [0, 0.1) is 11.8 Å². The molecule has 0 bridgehead atoms. The number of ether oxygens (including phenoxy) is 1. The van der Waals surface area contributed by atoms with Crippen molar-refractivity contribution >= 4 is 23.7 Å². The normalized spacial score (nSPS) is 16.9. The first kappa shape index (κ1) is 30.8. The molecule has 1 aromatic carbocycles. The lowest BCUT2D eigenvalue weighted by Gasteiger charge is -2.29. The molecule has 1 fully saturated rings. The van der Waals surface area contributed by atoms with Crippen LogP contribution in [0.15, 0.2) is 55.6 Å². The lowest BCUT2D eigenvalue weighted by molar-refractivity contribution is -0.159. The van der Waals surface area contributed by atoms with E-state index < -0.39 is 47.8 Å². The molecule has 0 saturated carbocycles. The molecule has 0 spiro atoms. The van der Waals surface area contributed by atoms with Gasteiger partial charge in [-0.15, -0.1) is 13.2 Å². The average Bonchev–Trinajstić information content (AvgIpc) is 3.45. The lowest BCUT2D eigenvalue weighted by atomic mass is 9.98. The molecular formula is C29H41N3O6. The van der Waals surface area contributed by atoms with Crippen molar-refractivity contribution in [3.8, 4) is 0 Å². The van der Waals surface area contributed by atoms with Gasteiger partial charge in [-0.2, -0.15) is 0 Å². The minimum Gasteiger partial charge on any atom is -0.455 e. The Balaban J connectivity index is 2.19. The summed E-state index contributed by atoms with van der Waals surface area (Å²) in [4.78, 5) is 53.6. The first-order valence-corrected chi connectivity index (χ1v) is 13.2. The lowest BCUT2D eigenvalue weighted by Crippen LogP contribution is -2.48. The summed E-state index contributed by atoms with van der Waals surface area (Å²) in [5.41, 5.74) is 0.662. The van der Waals surface area contributed by atoms with Crippen LogP contribution >= 0.6 is 0 Å². The first-order valence-electron chi connectivity index (χ1n) is 13.2. The molecule has 0 aromatic heterocycles. The van der Waals surface area contributed by atoms with Gasteiger partial charge in [-0.3, -0.25) is 19.2 Å². The molecule has 208 valence electrons. The highest BCUT2D eigenvalue weighted by Crippen LogP contribution is 2.26. The number of carbonyl (C=O) groups is 4. The van der Waals surface area contributed by atoms with Gasteiger partial charge >= 0.3 is 5.97 Å². The quantitative estimate of drug-likeness (QED) is 0.183. The zero-order valence-corrected chi connectivity index (χ0v) is 22.4. The minimum absolute atomic E-state index is 0.0255. The molecular weight excluding hydrogens is 486 g/mol. The molecule has 38 heavy (non-hydrogen) atoms. The second-order valence-corrected chi connectivity index (χ2v) is 9.75. The Hall–Kier alpha value is -3.46. The number of benzene rings is 1. The van der Waals surface area contributed by atoms with Crippen molar-refractivity contribution in [3.63, 3.8) is 0 Å². The highest BCUT2D eigenvalue weighted by molar-refractivity contribution is 6.00. The van der Waals surface area contributed by atoms with Crippen LogP contribution in [0.5, 0.6) is 0 Å². The molecule has 1 saturated heterocycles. The predicted molar refractivity (Wildman–Crippen MR) is 145 cm³/mol. The topological polar surface area (TPSA) is 125 Å². The molecule has 2 rings (SSSR count). The molecule has 1 aromatic rings. The van der Waals surface area contributed by atoms with E-state index in [1.54, 1.807) is 49.1 Å². The standard InChI is InChI=1S/C29H41N3O6/c1-5-12-23(18-25(34)32-16-10-11-17-32)29(37)38-26(22-14-8-7-9-15-22)21(4)31-28(36)24(13-6-2)27(35)30-20(3)19-33/h5-9,14-15,20-21,23-24,26,33H,1-2,10-13,16-19H2,3-4H3,(H,30,35)(H,31,36)/t20-,21-,23-,24?,26-/m1/s1. The molecule has 3 N–H and O–H groups in total. The van der Waals surface area contributed by atoms with E-state index in [1.807, 2.05) is 6.07 Å². The highest BCUT2D eigenvalue weighted by atomic mass is 16.5. The number of aliphatic hydroxyl groups excluding tert-OH is 1. The van der Waals surface area contributed by atoms with Crippen LogP contribution in [-0.2, 0) is 23.9 Å². The number of amides is 3. The summed E-state index contributed by atoms with van der Waals surface area (Å²) in [7, 11) is 0. The van der Waals surface area contributed by atoms with Gasteiger partial charge in [0.05, 0.1) is 18.6 Å². The molecule has 0 radical (unpaired) electrons. The summed E-state index contributed by atoms with van der Waals surface area (Å²) < 4.78 is 5.93. The second-order valence-electron chi connectivity index (χ2n) is 9.75. The number of aliphatic hydroxyl groups is 1. The number of hydrogen-bond acceptors (Lipinski definition) is 6. The van der Waals surface area contributed by atoms with Crippen LogP contribution in [0.1, 0.15) is 57.6 Å². The van der Waals surface area contributed by atoms with Crippen LogP contribution in [0.25, 0.3) is 0 Å². The van der Waals surface area contributed by atoms with Crippen LogP contribution in [-0.4, -0.2) is 65.5 Å². The Bertz CT molecular complexity index is 960. The Morgan fingerprint density at radius 1 is 1.00 bits per heavy atom. The molecule has 5 atom stereocenters. The maximum atomic E-state index is 13.3. The smallest absolute Gasteiger partial charge is 0.310 e. The van der Waals surface area contributed by atoms with E-state index in [2.05, 4.69) is 23.8 Å². The largest absolute Gasteiger partial charge is 0.455 e. The summed E-state index contributed by atoms with van der Waals surface area (Å²) in [6.07, 6.45) is 4.53. The fourth-order valence-corrected chi connectivity index (χ4v) is 4.38. The molecule has 9 nitrogen and oxygen atoms in total. The number of hydrogen-bond donors (Lipinski definition) is 3. The van der Waals surface area contributed by atoms with E-state index in [4.69, 9.17) is 4.74 Å². The Labute approximate surface area is 225 Å². The Morgan fingerprint density at radius 2 is 1.61 bits per heavy atom. The van der Waals surface area contributed by atoms with Gasteiger partial charge in [0.25, 0.3) is 0 Å².